The third-order valence-electron chi connectivity index (χ3n) is 5.74. The third-order valence-corrected chi connectivity index (χ3v) is 5.74. The third kappa shape index (κ3) is 4.82. The van der Waals surface area contributed by atoms with E-state index >= 15 is 0 Å². The van der Waals surface area contributed by atoms with Gasteiger partial charge < -0.3 is 15.5 Å². The van der Waals surface area contributed by atoms with Gasteiger partial charge in [0.1, 0.15) is 17.6 Å². The first-order valence-electron chi connectivity index (χ1n) is 10.9. The molecule has 1 unspecified atom stereocenters. The van der Waals surface area contributed by atoms with E-state index in [1.54, 1.807) is 17.1 Å². The summed E-state index contributed by atoms with van der Waals surface area (Å²) < 4.78 is 40.2. The van der Waals surface area contributed by atoms with Crippen LogP contribution in [0.5, 0.6) is 0 Å². The summed E-state index contributed by atoms with van der Waals surface area (Å²) in [5.41, 5.74) is 2.69. The molecule has 1 aliphatic heterocycles. The van der Waals surface area contributed by atoms with E-state index in [0.29, 0.717) is 29.3 Å². The van der Waals surface area contributed by atoms with Crippen LogP contribution in [0.4, 0.5) is 30.4 Å². The van der Waals surface area contributed by atoms with Crippen LogP contribution in [0.3, 0.4) is 0 Å². The molecule has 8 nitrogen and oxygen atoms in total. The van der Waals surface area contributed by atoms with Crippen LogP contribution in [0, 0.1) is 12.8 Å². The van der Waals surface area contributed by atoms with E-state index in [1.165, 1.54) is 6.07 Å². The summed E-state index contributed by atoms with van der Waals surface area (Å²) in [6.45, 7) is 6.48. The van der Waals surface area contributed by atoms with Gasteiger partial charge in [0.15, 0.2) is 0 Å². The Morgan fingerprint density at radius 2 is 2.00 bits per heavy atom. The van der Waals surface area contributed by atoms with E-state index in [2.05, 4.69) is 25.7 Å². The van der Waals surface area contributed by atoms with Crippen molar-refractivity contribution in [3.05, 3.63) is 59.3 Å². The summed E-state index contributed by atoms with van der Waals surface area (Å²) in [5.74, 6) is 0.750. The first kappa shape index (κ1) is 23.5. The first-order chi connectivity index (χ1) is 16.0. The molecule has 1 atom stereocenters. The average Bonchev–Trinajstić information content (AvgIpc) is 3.20. The molecule has 1 amide bonds. The van der Waals surface area contributed by atoms with Crippen molar-refractivity contribution in [1.82, 2.24) is 19.7 Å². The van der Waals surface area contributed by atoms with Gasteiger partial charge in [-0.25, -0.2) is 4.98 Å². The highest BCUT2D eigenvalue weighted by atomic mass is 19.4. The number of nitrogens with zero attached hydrogens (tertiary/aromatic N) is 5. The Labute approximate surface area is 195 Å². The number of rotatable bonds is 6. The molecular weight excluding hydrogens is 447 g/mol. The number of alkyl halides is 3. The zero-order valence-electron chi connectivity index (χ0n) is 19.3. The monoisotopic (exact) mass is 473 g/mol. The molecule has 1 aliphatic rings. The normalized spacial score (nSPS) is 15.9. The van der Waals surface area contributed by atoms with E-state index in [-0.39, 0.29) is 24.4 Å². The van der Waals surface area contributed by atoms with Crippen molar-refractivity contribution in [2.75, 3.05) is 22.6 Å². The van der Waals surface area contributed by atoms with Crippen LogP contribution in [-0.4, -0.2) is 38.7 Å². The minimum absolute atomic E-state index is 0.0421. The van der Waals surface area contributed by atoms with Crippen molar-refractivity contribution in [1.29, 1.82) is 0 Å². The number of fused-ring (bicyclic) bond motifs is 1. The molecule has 0 saturated carbocycles. The lowest BCUT2D eigenvalue weighted by Gasteiger charge is -2.38. The number of carbonyl (C=O) groups excluding carboxylic acids is 1. The molecule has 3 aromatic rings. The number of amides is 1. The molecule has 180 valence electrons. The fraction of sp³-hybridized carbons (Fsp3) is 0.391. The van der Waals surface area contributed by atoms with Crippen molar-refractivity contribution in [2.24, 2.45) is 5.92 Å². The van der Waals surface area contributed by atoms with Crippen LogP contribution in [0.15, 0.2) is 36.8 Å². The van der Waals surface area contributed by atoms with Gasteiger partial charge in [-0.1, -0.05) is 13.8 Å². The molecule has 0 aromatic carbocycles. The number of hydrogen-bond acceptors (Lipinski definition) is 6. The Bertz CT molecular complexity index is 1210. The topological polar surface area (TPSA) is 88.0 Å². The van der Waals surface area contributed by atoms with Crippen LogP contribution >= 0.6 is 0 Å². The number of likely N-dealkylation sites (N-methyl/N-ethyl adjacent to an activating group) is 1. The number of nitrogens with one attached hydrogen (secondary N) is 2. The number of carbonyl (C=O) groups is 1. The second-order valence-corrected chi connectivity index (χ2v) is 8.72. The molecule has 0 aliphatic carbocycles. The zero-order chi connectivity index (χ0) is 24.6. The molecule has 3 aromatic heterocycles. The molecule has 0 radical (unpaired) electrons. The highest BCUT2D eigenvalue weighted by molar-refractivity contribution is 6.04. The zero-order valence-corrected chi connectivity index (χ0v) is 19.3. The Balaban J connectivity index is 1.45. The van der Waals surface area contributed by atoms with Gasteiger partial charge >= 0.3 is 6.18 Å². The van der Waals surface area contributed by atoms with E-state index < -0.39 is 11.9 Å². The highest BCUT2D eigenvalue weighted by Crippen LogP contribution is 2.36. The SMILES string of the molecule is Cc1nc(NCc2cnn(Cc3ccnc(C(F)(F)F)c3)c2)cc2c1NC(=O)C(C(C)C)N2C. The largest absolute Gasteiger partial charge is 0.433 e. The lowest BCUT2D eigenvalue weighted by atomic mass is 9.98. The van der Waals surface area contributed by atoms with Gasteiger partial charge in [-0.05, 0) is 30.5 Å². The minimum atomic E-state index is -4.48. The van der Waals surface area contributed by atoms with Crippen LogP contribution in [-0.2, 0) is 24.1 Å². The molecule has 2 N–H and O–H groups in total. The number of aryl methyl sites for hydroxylation is 1. The smallest absolute Gasteiger partial charge is 0.366 e. The Hall–Kier alpha value is -3.63. The fourth-order valence-corrected chi connectivity index (χ4v) is 4.14. The van der Waals surface area contributed by atoms with E-state index in [4.69, 9.17) is 0 Å². The lowest BCUT2D eigenvalue weighted by Crippen LogP contribution is -2.49. The maximum absolute atomic E-state index is 12.9. The molecule has 4 rings (SSSR count). The minimum Gasteiger partial charge on any atom is -0.366 e. The second kappa shape index (κ2) is 8.96. The molecule has 11 heteroatoms. The molecular formula is C23H26F3N7O. The van der Waals surface area contributed by atoms with Gasteiger partial charge in [0.05, 0.1) is 29.8 Å². The molecule has 0 saturated heterocycles. The van der Waals surface area contributed by atoms with Crippen molar-refractivity contribution in [3.63, 3.8) is 0 Å². The molecule has 34 heavy (non-hydrogen) atoms. The van der Waals surface area contributed by atoms with Crippen LogP contribution < -0.4 is 15.5 Å². The summed E-state index contributed by atoms with van der Waals surface area (Å²) in [6, 6.07) is 4.19. The quantitative estimate of drug-likeness (QED) is 0.561. The maximum Gasteiger partial charge on any atom is 0.433 e. The second-order valence-electron chi connectivity index (χ2n) is 8.72. The summed E-state index contributed by atoms with van der Waals surface area (Å²) in [5, 5.41) is 10.5. The van der Waals surface area contributed by atoms with Gasteiger partial charge in [0.2, 0.25) is 5.91 Å². The molecule has 4 heterocycles. The maximum atomic E-state index is 12.9. The fourth-order valence-electron chi connectivity index (χ4n) is 4.14. The number of aromatic nitrogens is 4. The van der Waals surface area contributed by atoms with Crippen molar-refractivity contribution in [3.8, 4) is 0 Å². The van der Waals surface area contributed by atoms with E-state index in [1.807, 2.05) is 38.8 Å². The lowest BCUT2D eigenvalue weighted by molar-refractivity contribution is -0.141. The Kier molecular flexibility index (Phi) is 6.20. The summed E-state index contributed by atoms with van der Waals surface area (Å²) in [4.78, 5) is 22.4. The van der Waals surface area contributed by atoms with Crippen molar-refractivity contribution in [2.45, 2.75) is 46.1 Å². The van der Waals surface area contributed by atoms with Gasteiger partial charge in [-0.15, -0.1) is 0 Å². The number of pyridine rings is 2. The Morgan fingerprint density at radius 3 is 2.71 bits per heavy atom. The summed E-state index contributed by atoms with van der Waals surface area (Å²) in [7, 11) is 1.90. The molecule has 0 fully saturated rings. The number of halogens is 3. The first-order valence-corrected chi connectivity index (χ1v) is 10.9. The predicted octanol–water partition coefficient (Wildman–Crippen LogP) is 4.07. The number of anilines is 3. The molecule has 0 bridgehead atoms. The van der Waals surface area contributed by atoms with Crippen LogP contribution in [0.25, 0.3) is 0 Å². The van der Waals surface area contributed by atoms with E-state index in [0.717, 1.165) is 23.5 Å². The summed E-state index contributed by atoms with van der Waals surface area (Å²) in [6.07, 6.45) is 0.0944. The van der Waals surface area contributed by atoms with Gasteiger partial charge in [0.25, 0.3) is 0 Å². The molecule has 0 spiro atoms. The predicted molar refractivity (Wildman–Crippen MR) is 123 cm³/mol. The van der Waals surface area contributed by atoms with Crippen molar-refractivity contribution >= 4 is 23.1 Å². The van der Waals surface area contributed by atoms with Gasteiger partial charge in [-0.3, -0.25) is 14.5 Å². The standard InChI is InChI=1S/C23H26F3N7O/c1-13(2)21-22(34)31-20-14(3)30-19(8-17(20)32(21)4)28-9-16-10-29-33(12-16)11-15-5-6-27-18(7-15)23(24,25)26/h5-8,10,12-13,21H,9,11H2,1-4H3,(H,28,30)(H,31,34). The number of hydrogen-bond donors (Lipinski definition) is 2. The Morgan fingerprint density at radius 1 is 1.24 bits per heavy atom. The highest BCUT2D eigenvalue weighted by Gasteiger charge is 2.34. The van der Waals surface area contributed by atoms with Crippen molar-refractivity contribution < 1.29 is 18.0 Å². The van der Waals surface area contributed by atoms with E-state index in [9.17, 15) is 18.0 Å². The van der Waals surface area contributed by atoms with Gasteiger partial charge in [0, 0.05) is 37.6 Å². The van der Waals surface area contributed by atoms with Crippen LogP contribution in [0.2, 0.25) is 0 Å². The van der Waals surface area contributed by atoms with Gasteiger partial charge in [-0.2, -0.15) is 18.3 Å². The van der Waals surface area contributed by atoms with Crippen LogP contribution in [0.1, 0.15) is 36.4 Å². The summed E-state index contributed by atoms with van der Waals surface area (Å²) >= 11 is 0. The average molecular weight is 474 g/mol.